The maximum atomic E-state index is 12.1. The highest BCUT2D eigenvalue weighted by Crippen LogP contribution is 2.53. The zero-order chi connectivity index (χ0) is 13.6. The molecule has 0 saturated heterocycles. The average molecular weight is 254 g/mol. The third kappa shape index (κ3) is 1.34. The van der Waals surface area contributed by atoms with Crippen LogP contribution in [-0.4, -0.2) is 37.7 Å². The first-order chi connectivity index (χ1) is 8.43. The monoisotopic (exact) mass is 254 g/mol. The van der Waals surface area contributed by atoms with Gasteiger partial charge in [0.25, 0.3) is 0 Å². The molecule has 0 amide bonds. The smallest absolute Gasteiger partial charge is 0.319 e. The summed E-state index contributed by atoms with van der Waals surface area (Å²) in [6, 6.07) is 0. The van der Waals surface area contributed by atoms with Gasteiger partial charge in [0, 0.05) is 12.8 Å². The Balaban J connectivity index is 2.40. The second kappa shape index (κ2) is 3.90. The van der Waals surface area contributed by atoms with Crippen molar-refractivity contribution in [1.82, 2.24) is 0 Å². The summed E-state index contributed by atoms with van der Waals surface area (Å²) in [5.74, 6) is -2.16. The van der Waals surface area contributed by atoms with Gasteiger partial charge in [0.2, 0.25) is 0 Å². The molecule has 2 atom stereocenters. The van der Waals surface area contributed by atoms with Crippen LogP contribution in [0.1, 0.15) is 25.7 Å². The molecule has 98 valence electrons. The van der Waals surface area contributed by atoms with E-state index in [4.69, 9.17) is 0 Å². The molecule has 6 heteroatoms. The molecule has 0 aromatic rings. The van der Waals surface area contributed by atoms with Gasteiger partial charge in [-0.3, -0.25) is 19.2 Å². The van der Waals surface area contributed by atoms with Crippen molar-refractivity contribution in [2.45, 2.75) is 25.7 Å². The zero-order valence-electron chi connectivity index (χ0n) is 10.3. The third-order valence-corrected chi connectivity index (χ3v) is 4.12. The van der Waals surface area contributed by atoms with Crippen molar-refractivity contribution in [3.63, 3.8) is 0 Å². The van der Waals surface area contributed by atoms with Crippen molar-refractivity contribution in [2.24, 2.45) is 10.8 Å². The van der Waals surface area contributed by atoms with E-state index in [9.17, 15) is 19.2 Å². The van der Waals surface area contributed by atoms with Crippen molar-refractivity contribution in [1.29, 1.82) is 0 Å². The number of carbonyl (C=O) groups excluding carboxylic acids is 4. The molecule has 3 saturated carbocycles. The Hall–Kier alpha value is -1.72. The van der Waals surface area contributed by atoms with Gasteiger partial charge in [0.15, 0.2) is 11.6 Å². The molecule has 6 nitrogen and oxygen atoms in total. The minimum atomic E-state index is -1.37. The summed E-state index contributed by atoms with van der Waals surface area (Å²) in [6.45, 7) is 0. The van der Waals surface area contributed by atoms with Crippen LogP contribution in [0.25, 0.3) is 0 Å². The Morgan fingerprint density at radius 2 is 1.22 bits per heavy atom. The number of hydrogen-bond donors (Lipinski definition) is 0. The van der Waals surface area contributed by atoms with Crippen LogP contribution < -0.4 is 0 Å². The Morgan fingerprint density at radius 1 is 0.889 bits per heavy atom. The molecule has 2 unspecified atom stereocenters. The van der Waals surface area contributed by atoms with Crippen molar-refractivity contribution >= 4 is 23.5 Å². The summed E-state index contributed by atoms with van der Waals surface area (Å²) >= 11 is 0. The van der Waals surface area contributed by atoms with Crippen molar-refractivity contribution in [2.75, 3.05) is 14.2 Å². The molecule has 18 heavy (non-hydrogen) atoms. The third-order valence-electron chi connectivity index (χ3n) is 4.12. The number of ether oxygens (including phenoxy) is 2. The molecule has 0 spiro atoms. The number of ketones is 2. The topological polar surface area (TPSA) is 86.7 Å². The normalized spacial score (nSPS) is 34.3. The lowest BCUT2D eigenvalue weighted by molar-refractivity contribution is -0.182. The molecule has 3 aliphatic rings. The molecule has 0 radical (unpaired) electrons. The second-order valence-corrected chi connectivity index (χ2v) is 4.85. The number of carbonyl (C=O) groups is 4. The molecule has 2 bridgehead atoms. The quantitative estimate of drug-likeness (QED) is 0.510. The van der Waals surface area contributed by atoms with Crippen molar-refractivity contribution < 1.29 is 28.7 Å². The van der Waals surface area contributed by atoms with Crippen LogP contribution in [0.4, 0.5) is 0 Å². The summed E-state index contributed by atoms with van der Waals surface area (Å²) in [4.78, 5) is 47.6. The number of rotatable bonds is 2. The van der Waals surface area contributed by atoms with E-state index in [1.807, 2.05) is 0 Å². The predicted octanol–water partition coefficient (Wildman–Crippen LogP) is 0.0310. The molecule has 0 aliphatic heterocycles. The Kier molecular flexibility index (Phi) is 2.76. The zero-order valence-corrected chi connectivity index (χ0v) is 10.3. The predicted molar refractivity (Wildman–Crippen MR) is 57.4 cm³/mol. The maximum Gasteiger partial charge on any atom is 0.319 e. The highest BCUT2D eigenvalue weighted by molar-refractivity contribution is 6.19. The Bertz CT molecular complexity index is 411. The van der Waals surface area contributed by atoms with Gasteiger partial charge in [0.1, 0.15) is 10.8 Å². The fourth-order valence-corrected chi connectivity index (χ4v) is 2.93. The molecule has 3 fully saturated rings. The minimum Gasteiger partial charge on any atom is -0.468 e. The van der Waals surface area contributed by atoms with E-state index in [0.29, 0.717) is 0 Å². The summed E-state index contributed by atoms with van der Waals surface area (Å²) in [5, 5.41) is 0. The van der Waals surface area contributed by atoms with Crippen LogP contribution in [0.2, 0.25) is 0 Å². The van der Waals surface area contributed by atoms with Crippen molar-refractivity contribution in [3.05, 3.63) is 0 Å². The fraction of sp³-hybridized carbons (Fsp3) is 0.667. The van der Waals surface area contributed by atoms with Gasteiger partial charge in [-0.25, -0.2) is 0 Å². The Labute approximate surface area is 104 Å². The minimum absolute atomic E-state index is 0.166. The summed E-state index contributed by atoms with van der Waals surface area (Å²) in [7, 11) is 2.37. The lowest BCUT2D eigenvalue weighted by Crippen LogP contribution is -2.60. The van der Waals surface area contributed by atoms with Crippen LogP contribution in [0.5, 0.6) is 0 Å². The standard InChI is InChI=1S/C12H14O6/c1-17-9(15)11-3-4-12(6-7(11)13,8(14)5-11)10(16)18-2/h3-6H2,1-2H3. The summed E-state index contributed by atoms with van der Waals surface area (Å²) in [5.41, 5.74) is -2.75. The maximum absolute atomic E-state index is 12.1. The molecule has 3 rings (SSSR count). The first kappa shape index (κ1) is 12.7. The van der Waals surface area contributed by atoms with Crippen LogP contribution in [-0.2, 0) is 28.7 Å². The van der Waals surface area contributed by atoms with Gasteiger partial charge in [-0.2, -0.15) is 0 Å². The summed E-state index contributed by atoms with van der Waals surface area (Å²) in [6.07, 6.45) is -0.181. The molecule has 0 aromatic carbocycles. The van der Waals surface area contributed by atoms with E-state index in [1.165, 1.54) is 14.2 Å². The second-order valence-electron chi connectivity index (χ2n) is 4.85. The van der Waals surface area contributed by atoms with Gasteiger partial charge in [-0.15, -0.1) is 0 Å². The number of methoxy groups -OCH3 is 2. The van der Waals surface area contributed by atoms with Gasteiger partial charge in [-0.1, -0.05) is 0 Å². The molecule has 0 N–H and O–H groups in total. The van der Waals surface area contributed by atoms with E-state index in [-0.39, 0.29) is 25.7 Å². The molecular formula is C12H14O6. The number of Topliss-reactive ketones (excluding diaryl/α,β-unsaturated/α-hetero) is 2. The summed E-state index contributed by atoms with van der Waals surface area (Å²) < 4.78 is 9.24. The van der Waals surface area contributed by atoms with E-state index in [2.05, 4.69) is 9.47 Å². The van der Waals surface area contributed by atoms with Gasteiger partial charge < -0.3 is 9.47 Å². The van der Waals surface area contributed by atoms with E-state index < -0.39 is 34.3 Å². The first-order valence-electron chi connectivity index (χ1n) is 5.66. The van der Waals surface area contributed by atoms with E-state index in [0.717, 1.165) is 0 Å². The number of esters is 2. The number of fused-ring (bicyclic) bond motifs is 3. The van der Waals surface area contributed by atoms with E-state index >= 15 is 0 Å². The fourth-order valence-electron chi connectivity index (χ4n) is 2.93. The molecular weight excluding hydrogens is 240 g/mol. The SMILES string of the molecule is COC(=O)C12CCC(C(=O)OC)(CC1=O)C(=O)C2. The highest BCUT2D eigenvalue weighted by Gasteiger charge is 2.66. The average Bonchev–Trinajstić information content (AvgIpc) is 2.38. The lowest BCUT2D eigenvalue weighted by atomic mass is 9.52. The van der Waals surface area contributed by atoms with Crippen LogP contribution in [0, 0.1) is 10.8 Å². The van der Waals surface area contributed by atoms with Gasteiger partial charge in [-0.05, 0) is 12.8 Å². The molecule has 0 aromatic heterocycles. The van der Waals surface area contributed by atoms with Crippen molar-refractivity contribution in [3.8, 4) is 0 Å². The van der Waals surface area contributed by atoms with Crippen LogP contribution in [0.15, 0.2) is 0 Å². The lowest BCUT2D eigenvalue weighted by Gasteiger charge is -2.46. The molecule has 3 aliphatic carbocycles. The van der Waals surface area contributed by atoms with Gasteiger partial charge >= 0.3 is 11.9 Å². The molecule has 0 heterocycles. The largest absolute Gasteiger partial charge is 0.468 e. The van der Waals surface area contributed by atoms with Gasteiger partial charge in [0.05, 0.1) is 14.2 Å². The highest BCUT2D eigenvalue weighted by atomic mass is 16.5. The number of hydrogen-bond acceptors (Lipinski definition) is 6. The first-order valence-corrected chi connectivity index (χ1v) is 5.66. The van der Waals surface area contributed by atoms with E-state index in [1.54, 1.807) is 0 Å². The van der Waals surface area contributed by atoms with Crippen LogP contribution in [0.3, 0.4) is 0 Å². The van der Waals surface area contributed by atoms with Crippen LogP contribution >= 0.6 is 0 Å². The Morgan fingerprint density at radius 3 is 1.44 bits per heavy atom.